The number of ether oxygens (including phenoxy) is 1. The van der Waals surface area contributed by atoms with Crippen LogP contribution in [0.15, 0.2) is 5.16 Å². The van der Waals surface area contributed by atoms with Gasteiger partial charge in [-0.15, -0.1) is 0 Å². The van der Waals surface area contributed by atoms with Crippen molar-refractivity contribution in [1.82, 2.24) is 4.31 Å². The minimum atomic E-state index is -3.26. The minimum Gasteiger partial charge on any atom is -0.411 e. The molecular weight excluding hydrogens is 256 g/mol. The van der Waals surface area contributed by atoms with E-state index in [0.717, 1.165) is 6.42 Å². The summed E-state index contributed by atoms with van der Waals surface area (Å²) in [6.07, 6.45) is 1.28. The Morgan fingerprint density at radius 3 is 2.78 bits per heavy atom. The van der Waals surface area contributed by atoms with Crippen molar-refractivity contribution in [3.63, 3.8) is 0 Å². The molecule has 0 bridgehead atoms. The molecule has 1 fully saturated rings. The van der Waals surface area contributed by atoms with Crippen LogP contribution in [0, 0.1) is 5.92 Å². The Kier molecular flexibility index (Phi) is 6.04. The highest BCUT2D eigenvalue weighted by Gasteiger charge is 2.31. The molecule has 0 saturated carbocycles. The molecule has 0 aromatic carbocycles. The highest BCUT2D eigenvalue weighted by atomic mass is 32.2. The van der Waals surface area contributed by atoms with Crippen LogP contribution in [0.3, 0.4) is 0 Å². The molecule has 0 radical (unpaired) electrons. The third kappa shape index (κ3) is 3.93. The van der Waals surface area contributed by atoms with Crippen molar-refractivity contribution >= 4 is 15.7 Å². The number of sulfonamides is 1. The van der Waals surface area contributed by atoms with Crippen LogP contribution in [-0.4, -0.2) is 55.7 Å². The first-order chi connectivity index (χ1) is 8.55. The number of rotatable bonds is 6. The van der Waals surface area contributed by atoms with E-state index < -0.39 is 10.0 Å². The normalized spacial score (nSPS) is 24.6. The van der Waals surface area contributed by atoms with E-state index >= 15 is 0 Å². The molecule has 1 aliphatic rings. The summed E-state index contributed by atoms with van der Waals surface area (Å²) in [6.45, 7) is 5.35. The van der Waals surface area contributed by atoms with Gasteiger partial charge in [0, 0.05) is 32.0 Å². The zero-order valence-corrected chi connectivity index (χ0v) is 11.8. The van der Waals surface area contributed by atoms with Gasteiger partial charge in [0.15, 0.2) is 0 Å². The van der Waals surface area contributed by atoms with E-state index in [4.69, 9.17) is 9.94 Å². The highest BCUT2D eigenvalue weighted by Crippen LogP contribution is 2.20. The summed E-state index contributed by atoms with van der Waals surface area (Å²) >= 11 is 0. The van der Waals surface area contributed by atoms with Gasteiger partial charge in [-0.3, -0.25) is 0 Å². The molecule has 6 nitrogen and oxygen atoms in total. The van der Waals surface area contributed by atoms with E-state index in [1.165, 1.54) is 4.31 Å². The van der Waals surface area contributed by atoms with Gasteiger partial charge in [0.25, 0.3) is 0 Å². The molecule has 18 heavy (non-hydrogen) atoms. The average molecular weight is 278 g/mol. The number of hydrogen-bond acceptors (Lipinski definition) is 5. The second-order valence-electron chi connectivity index (χ2n) is 4.32. The van der Waals surface area contributed by atoms with Crippen molar-refractivity contribution in [3.05, 3.63) is 0 Å². The Morgan fingerprint density at radius 1 is 1.50 bits per heavy atom. The summed E-state index contributed by atoms with van der Waals surface area (Å²) < 4.78 is 30.7. The molecule has 1 N–H and O–H groups in total. The van der Waals surface area contributed by atoms with E-state index in [1.54, 1.807) is 0 Å². The Bertz CT molecular complexity index is 381. The Labute approximate surface area is 109 Å². The van der Waals surface area contributed by atoms with E-state index in [2.05, 4.69) is 5.16 Å². The zero-order chi connectivity index (χ0) is 13.6. The minimum absolute atomic E-state index is 0.0167. The first kappa shape index (κ1) is 15.4. The van der Waals surface area contributed by atoms with Crippen molar-refractivity contribution in [2.75, 3.05) is 32.1 Å². The number of hydrogen-bond donors (Lipinski definition) is 1. The second kappa shape index (κ2) is 7.06. The van der Waals surface area contributed by atoms with Crippen LogP contribution in [0.1, 0.15) is 26.7 Å². The van der Waals surface area contributed by atoms with E-state index in [1.807, 2.05) is 13.8 Å². The molecule has 1 saturated heterocycles. The molecule has 0 aromatic rings. The van der Waals surface area contributed by atoms with Crippen molar-refractivity contribution < 1.29 is 18.4 Å². The molecule has 0 spiro atoms. The zero-order valence-electron chi connectivity index (χ0n) is 11.0. The largest absolute Gasteiger partial charge is 0.411 e. The first-order valence-electron chi connectivity index (χ1n) is 6.31. The van der Waals surface area contributed by atoms with E-state index in [0.29, 0.717) is 31.8 Å². The Hall–Kier alpha value is -0.660. The molecule has 0 amide bonds. The fourth-order valence-electron chi connectivity index (χ4n) is 2.07. The van der Waals surface area contributed by atoms with Crippen LogP contribution in [0.5, 0.6) is 0 Å². The number of nitrogens with zero attached hydrogens (tertiary/aromatic N) is 2. The molecule has 0 aromatic heterocycles. The third-order valence-corrected chi connectivity index (χ3v) is 5.02. The maximum Gasteiger partial charge on any atom is 0.216 e. The summed E-state index contributed by atoms with van der Waals surface area (Å²) in [5, 5.41) is 12.1. The van der Waals surface area contributed by atoms with Crippen LogP contribution in [-0.2, 0) is 14.8 Å². The smallest absolute Gasteiger partial charge is 0.216 e. The average Bonchev–Trinajstić information content (AvgIpc) is 2.38. The molecule has 1 aliphatic heterocycles. The molecule has 1 unspecified atom stereocenters. The van der Waals surface area contributed by atoms with E-state index in [-0.39, 0.29) is 18.3 Å². The summed E-state index contributed by atoms with van der Waals surface area (Å²) in [6, 6.07) is 0. The van der Waals surface area contributed by atoms with Gasteiger partial charge < -0.3 is 9.94 Å². The SMILES string of the molecule is CCOCCS(=O)(=O)N1CCC(=NO)C(CC)C1. The van der Waals surface area contributed by atoms with Gasteiger partial charge in [-0.25, -0.2) is 12.7 Å². The second-order valence-corrected chi connectivity index (χ2v) is 6.41. The topological polar surface area (TPSA) is 79.2 Å². The third-order valence-electron chi connectivity index (χ3n) is 3.22. The van der Waals surface area contributed by atoms with E-state index in [9.17, 15) is 8.42 Å². The molecule has 7 heteroatoms. The molecule has 0 aliphatic carbocycles. The molecule has 1 heterocycles. The van der Waals surface area contributed by atoms with Gasteiger partial charge in [0.1, 0.15) is 0 Å². The monoisotopic (exact) mass is 278 g/mol. The Balaban J connectivity index is 2.62. The summed E-state index contributed by atoms with van der Waals surface area (Å²) in [7, 11) is -3.26. The van der Waals surface area contributed by atoms with Crippen LogP contribution < -0.4 is 0 Å². The van der Waals surface area contributed by atoms with Crippen LogP contribution >= 0.6 is 0 Å². The summed E-state index contributed by atoms with van der Waals surface area (Å²) in [5.41, 5.74) is 0.703. The lowest BCUT2D eigenvalue weighted by Crippen LogP contribution is -2.45. The highest BCUT2D eigenvalue weighted by molar-refractivity contribution is 7.89. The van der Waals surface area contributed by atoms with Crippen LogP contribution in [0.4, 0.5) is 0 Å². The quantitative estimate of drug-likeness (QED) is 0.445. The van der Waals surface area contributed by atoms with Crippen molar-refractivity contribution in [2.24, 2.45) is 11.1 Å². The lowest BCUT2D eigenvalue weighted by Gasteiger charge is -2.31. The van der Waals surface area contributed by atoms with Crippen molar-refractivity contribution in [3.8, 4) is 0 Å². The summed E-state index contributed by atoms with van der Waals surface area (Å²) in [5.74, 6) is 0.0358. The maximum atomic E-state index is 12.1. The molecule has 1 rings (SSSR count). The van der Waals surface area contributed by atoms with Gasteiger partial charge in [-0.2, -0.15) is 0 Å². The van der Waals surface area contributed by atoms with Crippen LogP contribution in [0.2, 0.25) is 0 Å². The first-order valence-corrected chi connectivity index (χ1v) is 7.92. The fourth-order valence-corrected chi connectivity index (χ4v) is 3.44. The predicted molar refractivity (Wildman–Crippen MR) is 69.5 cm³/mol. The van der Waals surface area contributed by atoms with Gasteiger partial charge in [-0.1, -0.05) is 12.1 Å². The molecular formula is C11H22N2O4S. The lowest BCUT2D eigenvalue weighted by atomic mass is 9.95. The number of piperidine rings is 1. The van der Waals surface area contributed by atoms with Gasteiger partial charge >= 0.3 is 0 Å². The standard InChI is InChI=1S/C11H22N2O4S/c1-3-10-9-13(6-5-11(10)12-14)18(15,16)8-7-17-4-2/h10,14H,3-9H2,1-2H3. The van der Waals surface area contributed by atoms with Gasteiger partial charge in [0.05, 0.1) is 18.1 Å². The molecule has 1 atom stereocenters. The van der Waals surface area contributed by atoms with Gasteiger partial charge in [0.2, 0.25) is 10.0 Å². The Morgan fingerprint density at radius 2 is 2.22 bits per heavy atom. The lowest BCUT2D eigenvalue weighted by molar-refractivity contribution is 0.162. The predicted octanol–water partition coefficient (Wildman–Crippen LogP) is 0.915. The fraction of sp³-hybridized carbons (Fsp3) is 0.909. The molecule has 106 valence electrons. The number of oxime groups is 1. The van der Waals surface area contributed by atoms with Gasteiger partial charge in [-0.05, 0) is 13.3 Å². The maximum absolute atomic E-state index is 12.1. The summed E-state index contributed by atoms with van der Waals surface area (Å²) in [4.78, 5) is 0. The van der Waals surface area contributed by atoms with Crippen LogP contribution in [0.25, 0.3) is 0 Å². The van der Waals surface area contributed by atoms with Crippen molar-refractivity contribution in [2.45, 2.75) is 26.7 Å². The van der Waals surface area contributed by atoms with Crippen molar-refractivity contribution in [1.29, 1.82) is 0 Å².